The number of nitrogen functional groups attached to an aromatic ring is 1. The van der Waals surface area contributed by atoms with Gasteiger partial charge in [-0.05, 0) is 18.6 Å². The van der Waals surface area contributed by atoms with Crippen molar-refractivity contribution in [2.24, 2.45) is 7.05 Å². The van der Waals surface area contributed by atoms with Gasteiger partial charge in [-0.2, -0.15) is 5.10 Å². The summed E-state index contributed by atoms with van der Waals surface area (Å²) in [6, 6.07) is 4.75. The molecule has 0 spiro atoms. The fourth-order valence-electron chi connectivity index (χ4n) is 2.11. The summed E-state index contributed by atoms with van der Waals surface area (Å²) >= 11 is 0. The van der Waals surface area contributed by atoms with Crippen LogP contribution in [0.2, 0.25) is 0 Å². The number of benzene rings is 1. The van der Waals surface area contributed by atoms with Gasteiger partial charge in [-0.1, -0.05) is 13.3 Å². The number of nitrogens with zero attached hydrogens (tertiary/aromatic N) is 2. The number of anilines is 1. The number of methoxy groups -OCH3 is 1. The minimum absolute atomic E-state index is 0.352. The van der Waals surface area contributed by atoms with Crippen LogP contribution in [-0.2, 0) is 13.5 Å². The minimum atomic E-state index is -0.352. The predicted octanol–water partition coefficient (Wildman–Crippen LogP) is 2.77. The molecule has 1 heterocycles. The zero-order chi connectivity index (χ0) is 14.0. The standard InChI is InChI=1S/C14H18FN3O/c1-4-5-11-13(17-18(2)14(11)16)10-7-6-9(19-3)8-12(10)15/h6-8H,4-5,16H2,1-3H3. The second kappa shape index (κ2) is 5.30. The highest BCUT2D eigenvalue weighted by Crippen LogP contribution is 2.31. The Morgan fingerprint density at radius 3 is 2.74 bits per heavy atom. The predicted molar refractivity (Wildman–Crippen MR) is 73.6 cm³/mol. The number of ether oxygens (including phenoxy) is 1. The van der Waals surface area contributed by atoms with Crippen LogP contribution < -0.4 is 10.5 Å². The molecule has 2 N–H and O–H groups in total. The maximum Gasteiger partial charge on any atom is 0.136 e. The van der Waals surface area contributed by atoms with Crippen molar-refractivity contribution in [3.8, 4) is 17.0 Å². The lowest BCUT2D eigenvalue weighted by Crippen LogP contribution is -1.99. The highest BCUT2D eigenvalue weighted by molar-refractivity contribution is 5.69. The van der Waals surface area contributed by atoms with Crippen LogP contribution in [0.3, 0.4) is 0 Å². The van der Waals surface area contributed by atoms with Crippen molar-refractivity contribution in [3.63, 3.8) is 0 Å². The van der Waals surface area contributed by atoms with Crippen molar-refractivity contribution in [1.82, 2.24) is 9.78 Å². The first-order valence-corrected chi connectivity index (χ1v) is 6.23. The molecule has 0 atom stereocenters. The molecule has 4 nitrogen and oxygen atoms in total. The number of rotatable bonds is 4. The minimum Gasteiger partial charge on any atom is -0.497 e. The second-order valence-corrected chi connectivity index (χ2v) is 4.43. The highest BCUT2D eigenvalue weighted by atomic mass is 19.1. The molecule has 5 heteroatoms. The van der Waals surface area contributed by atoms with Crippen LogP contribution in [0.5, 0.6) is 5.75 Å². The smallest absolute Gasteiger partial charge is 0.136 e. The normalized spacial score (nSPS) is 10.7. The number of aromatic nitrogens is 2. The molecule has 0 unspecified atom stereocenters. The summed E-state index contributed by atoms with van der Waals surface area (Å²) in [5, 5.41) is 4.33. The molecule has 1 aromatic carbocycles. The van der Waals surface area contributed by atoms with E-state index in [0.717, 1.165) is 18.4 Å². The van der Waals surface area contributed by atoms with Gasteiger partial charge in [0.25, 0.3) is 0 Å². The average molecular weight is 263 g/mol. The Balaban J connectivity index is 2.55. The lowest BCUT2D eigenvalue weighted by Gasteiger charge is -2.05. The molecule has 0 fully saturated rings. The van der Waals surface area contributed by atoms with E-state index in [4.69, 9.17) is 10.5 Å². The number of aryl methyl sites for hydroxylation is 1. The Hall–Kier alpha value is -2.04. The molecule has 19 heavy (non-hydrogen) atoms. The summed E-state index contributed by atoms with van der Waals surface area (Å²) < 4.78 is 20.7. The van der Waals surface area contributed by atoms with Crippen LogP contribution in [0.15, 0.2) is 18.2 Å². The maximum atomic E-state index is 14.1. The van der Waals surface area contributed by atoms with Crippen molar-refractivity contribution in [2.75, 3.05) is 12.8 Å². The average Bonchev–Trinajstić information content (AvgIpc) is 2.67. The zero-order valence-corrected chi connectivity index (χ0v) is 11.4. The fourth-order valence-corrected chi connectivity index (χ4v) is 2.11. The van der Waals surface area contributed by atoms with E-state index in [9.17, 15) is 4.39 Å². The molecule has 102 valence electrons. The van der Waals surface area contributed by atoms with Gasteiger partial charge in [-0.3, -0.25) is 4.68 Å². The first-order valence-electron chi connectivity index (χ1n) is 6.23. The Bertz CT molecular complexity index is 593. The van der Waals surface area contributed by atoms with Crippen LogP contribution in [0.4, 0.5) is 10.2 Å². The third-order valence-electron chi connectivity index (χ3n) is 3.13. The van der Waals surface area contributed by atoms with Gasteiger partial charge in [0.2, 0.25) is 0 Å². The van der Waals surface area contributed by atoms with Gasteiger partial charge in [0.15, 0.2) is 0 Å². The molecule has 0 aliphatic rings. The number of hydrogen-bond donors (Lipinski definition) is 1. The van der Waals surface area contributed by atoms with Crippen molar-refractivity contribution in [1.29, 1.82) is 0 Å². The topological polar surface area (TPSA) is 53.1 Å². The SMILES string of the molecule is CCCc1c(-c2ccc(OC)cc2F)nn(C)c1N. The van der Waals surface area contributed by atoms with E-state index < -0.39 is 0 Å². The van der Waals surface area contributed by atoms with Crippen molar-refractivity contribution >= 4 is 5.82 Å². The molecule has 0 saturated heterocycles. The quantitative estimate of drug-likeness (QED) is 0.922. The molecule has 2 rings (SSSR count). The third kappa shape index (κ3) is 2.41. The van der Waals surface area contributed by atoms with Crippen molar-refractivity contribution in [3.05, 3.63) is 29.6 Å². The number of hydrogen-bond acceptors (Lipinski definition) is 3. The van der Waals surface area contributed by atoms with Gasteiger partial charge in [0, 0.05) is 24.2 Å². The fraction of sp³-hybridized carbons (Fsp3) is 0.357. The summed E-state index contributed by atoms with van der Waals surface area (Å²) in [4.78, 5) is 0. The van der Waals surface area contributed by atoms with Crippen molar-refractivity contribution in [2.45, 2.75) is 19.8 Å². The van der Waals surface area contributed by atoms with Gasteiger partial charge >= 0.3 is 0 Å². The molecule has 0 radical (unpaired) electrons. The monoisotopic (exact) mass is 263 g/mol. The summed E-state index contributed by atoms with van der Waals surface area (Å²) in [7, 11) is 3.27. The maximum absolute atomic E-state index is 14.1. The van der Waals surface area contributed by atoms with E-state index in [1.165, 1.54) is 13.2 Å². The van der Waals surface area contributed by atoms with Gasteiger partial charge in [-0.25, -0.2) is 4.39 Å². The van der Waals surface area contributed by atoms with Crippen LogP contribution >= 0.6 is 0 Å². The molecule has 2 aromatic rings. The number of nitrogens with two attached hydrogens (primary N) is 1. The van der Waals surface area contributed by atoms with Gasteiger partial charge in [-0.15, -0.1) is 0 Å². The lowest BCUT2D eigenvalue weighted by atomic mass is 10.0. The van der Waals surface area contributed by atoms with Crippen LogP contribution in [0.1, 0.15) is 18.9 Å². The largest absolute Gasteiger partial charge is 0.497 e. The van der Waals surface area contributed by atoms with E-state index in [1.54, 1.807) is 23.9 Å². The summed E-state index contributed by atoms with van der Waals surface area (Å²) in [5.41, 5.74) is 7.95. The van der Waals surface area contributed by atoms with Gasteiger partial charge in [0.1, 0.15) is 23.1 Å². The van der Waals surface area contributed by atoms with E-state index in [0.29, 0.717) is 22.8 Å². The molecule has 0 amide bonds. The first kappa shape index (κ1) is 13.4. The third-order valence-corrected chi connectivity index (χ3v) is 3.13. The van der Waals surface area contributed by atoms with Crippen LogP contribution in [0, 0.1) is 5.82 Å². The second-order valence-electron chi connectivity index (χ2n) is 4.43. The molecule has 1 aromatic heterocycles. The van der Waals surface area contributed by atoms with Crippen LogP contribution in [-0.4, -0.2) is 16.9 Å². The molecular weight excluding hydrogens is 245 g/mol. The zero-order valence-electron chi connectivity index (χ0n) is 11.4. The van der Waals surface area contributed by atoms with E-state index >= 15 is 0 Å². The van der Waals surface area contributed by atoms with Crippen LogP contribution in [0.25, 0.3) is 11.3 Å². The van der Waals surface area contributed by atoms with Crippen molar-refractivity contribution < 1.29 is 9.13 Å². The molecule has 0 bridgehead atoms. The van der Waals surface area contributed by atoms with E-state index in [-0.39, 0.29) is 5.82 Å². The Morgan fingerprint density at radius 2 is 2.16 bits per heavy atom. The summed E-state index contributed by atoms with van der Waals surface area (Å²) in [5.74, 6) is 0.726. The Morgan fingerprint density at radius 1 is 1.42 bits per heavy atom. The van der Waals surface area contributed by atoms with E-state index in [1.807, 2.05) is 0 Å². The highest BCUT2D eigenvalue weighted by Gasteiger charge is 2.18. The Labute approximate surface area is 112 Å². The summed E-state index contributed by atoms with van der Waals surface area (Å²) in [6.07, 6.45) is 1.71. The van der Waals surface area contributed by atoms with E-state index in [2.05, 4.69) is 12.0 Å². The molecule has 0 saturated carbocycles. The lowest BCUT2D eigenvalue weighted by molar-refractivity contribution is 0.411. The Kier molecular flexibility index (Phi) is 3.74. The molecule has 0 aliphatic heterocycles. The molecular formula is C14H18FN3O. The van der Waals surface area contributed by atoms with Gasteiger partial charge in [0.05, 0.1) is 7.11 Å². The number of halogens is 1. The summed E-state index contributed by atoms with van der Waals surface area (Å²) in [6.45, 7) is 2.06. The molecule has 0 aliphatic carbocycles. The first-order chi connectivity index (χ1) is 9.08. The van der Waals surface area contributed by atoms with Gasteiger partial charge < -0.3 is 10.5 Å².